The highest BCUT2D eigenvalue weighted by Gasteiger charge is 2.28. The Morgan fingerprint density at radius 1 is 1.21 bits per heavy atom. The number of aromatic nitrogens is 2. The SMILES string of the molecule is CC(C)(C)c1noc(-c2ccccc2C(=O)N2CCC(NS(C)(=O)=O)CC2)n1. The second-order valence-electron chi connectivity index (χ2n) is 8.18. The average molecular weight is 407 g/mol. The number of carbonyl (C=O) groups is 1. The molecule has 1 saturated heterocycles. The number of piperidine rings is 1. The van der Waals surface area contributed by atoms with Crippen molar-refractivity contribution in [3.8, 4) is 11.5 Å². The first-order chi connectivity index (χ1) is 13.0. The molecule has 0 bridgehead atoms. The van der Waals surface area contributed by atoms with E-state index in [0.717, 1.165) is 6.26 Å². The normalized spacial score (nSPS) is 16.4. The first-order valence-electron chi connectivity index (χ1n) is 9.25. The Bertz CT molecular complexity index is 954. The van der Waals surface area contributed by atoms with Crippen molar-refractivity contribution in [2.45, 2.75) is 45.1 Å². The van der Waals surface area contributed by atoms with Crippen molar-refractivity contribution in [2.75, 3.05) is 19.3 Å². The summed E-state index contributed by atoms with van der Waals surface area (Å²) in [5, 5.41) is 4.04. The van der Waals surface area contributed by atoms with Gasteiger partial charge in [-0.1, -0.05) is 38.1 Å². The quantitative estimate of drug-likeness (QED) is 0.834. The molecule has 8 nitrogen and oxygen atoms in total. The van der Waals surface area contributed by atoms with Crippen molar-refractivity contribution in [3.05, 3.63) is 35.7 Å². The lowest BCUT2D eigenvalue weighted by Crippen LogP contribution is -2.46. The van der Waals surface area contributed by atoms with Crippen molar-refractivity contribution in [1.82, 2.24) is 19.8 Å². The Morgan fingerprint density at radius 2 is 1.86 bits per heavy atom. The largest absolute Gasteiger partial charge is 0.339 e. The number of rotatable bonds is 4. The number of sulfonamides is 1. The number of hydrogen-bond donors (Lipinski definition) is 1. The van der Waals surface area contributed by atoms with E-state index in [0.29, 0.717) is 48.8 Å². The minimum atomic E-state index is -3.25. The van der Waals surface area contributed by atoms with Crippen LogP contribution in [0.5, 0.6) is 0 Å². The Labute approximate surface area is 165 Å². The molecule has 1 fully saturated rings. The van der Waals surface area contributed by atoms with Crippen molar-refractivity contribution in [3.63, 3.8) is 0 Å². The smallest absolute Gasteiger partial charge is 0.258 e. The number of nitrogens with zero attached hydrogens (tertiary/aromatic N) is 3. The fraction of sp³-hybridized carbons (Fsp3) is 0.526. The molecule has 0 saturated carbocycles. The van der Waals surface area contributed by atoms with Crippen LogP contribution in [0.2, 0.25) is 0 Å². The summed E-state index contributed by atoms with van der Waals surface area (Å²) in [7, 11) is -3.25. The zero-order valence-corrected chi connectivity index (χ0v) is 17.4. The summed E-state index contributed by atoms with van der Waals surface area (Å²) < 4.78 is 30.8. The molecule has 1 aliphatic rings. The fourth-order valence-electron chi connectivity index (χ4n) is 3.17. The molecule has 0 unspecified atom stereocenters. The molecule has 1 N–H and O–H groups in total. The Morgan fingerprint density at radius 3 is 2.43 bits per heavy atom. The van der Waals surface area contributed by atoms with Gasteiger partial charge in [-0.2, -0.15) is 4.98 Å². The van der Waals surface area contributed by atoms with E-state index in [2.05, 4.69) is 14.9 Å². The minimum absolute atomic E-state index is 0.121. The summed E-state index contributed by atoms with van der Waals surface area (Å²) in [5.41, 5.74) is 0.850. The second-order valence-corrected chi connectivity index (χ2v) is 9.96. The highest BCUT2D eigenvalue weighted by molar-refractivity contribution is 7.88. The summed E-state index contributed by atoms with van der Waals surface area (Å²) in [6, 6.07) is 7.04. The maximum absolute atomic E-state index is 13.1. The first kappa shape index (κ1) is 20.5. The van der Waals surface area contributed by atoms with Gasteiger partial charge >= 0.3 is 0 Å². The number of hydrogen-bond acceptors (Lipinski definition) is 6. The van der Waals surface area contributed by atoms with Crippen LogP contribution in [0.1, 0.15) is 49.8 Å². The summed E-state index contributed by atoms with van der Waals surface area (Å²) in [6.07, 6.45) is 2.31. The van der Waals surface area contributed by atoms with Crippen LogP contribution in [0.3, 0.4) is 0 Å². The Balaban J connectivity index is 1.78. The molecule has 9 heteroatoms. The number of nitrogens with one attached hydrogen (secondary N) is 1. The van der Waals surface area contributed by atoms with Crippen LogP contribution in [0.25, 0.3) is 11.5 Å². The monoisotopic (exact) mass is 406 g/mol. The molecule has 0 radical (unpaired) electrons. The standard InChI is InChI=1S/C19H26N4O4S/c1-19(2,3)18-20-16(27-21-18)14-7-5-6-8-15(14)17(24)23-11-9-13(10-12-23)22-28(4,25)26/h5-8,13,22H,9-12H2,1-4H3. The Kier molecular flexibility index (Phi) is 5.58. The van der Waals surface area contributed by atoms with Gasteiger partial charge < -0.3 is 9.42 Å². The highest BCUT2D eigenvalue weighted by atomic mass is 32.2. The van der Waals surface area contributed by atoms with E-state index in [-0.39, 0.29) is 17.4 Å². The molecule has 1 aromatic heterocycles. The predicted molar refractivity (Wildman–Crippen MR) is 105 cm³/mol. The third kappa shape index (κ3) is 4.77. The van der Waals surface area contributed by atoms with E-state index < -0.39 is 10.0 Å². The molecule has 1 amide bonds. The molecule has 2 aromatic rings. The van der Waals surface area contributed by atoms with E-state index in [9.17, 15) is 13.2 Å². The molecule has 2 heterocycles. The molecular weight excluding hydrogens is 380 g/mol. The molecule has 152 valence electrons. The maximum Gasteiger partial charge on any atom is 0.258 e. The van der Waals surface area contributed by atoms with Gasteiger partial charge in [0.1, 0.15) is 0 Å². The minimum Gasteiger partial charge on any atom is -0.339 e. The lowest BCUT2D eigenvalue weighted by molar-refractivity contribution is 0.0712. The molecule has 1 aliphatic heterocycles. The van der Waals surface area contributed by atoms with Crippen molar-refractivity contribution in [2.24, 2.45) is 0 Å². The number of amides is 1. The van der Waals surface area contributed by atoms with Gasteiger partial charge in [-0.05, 0) is 25.0 Å². The second kappa shape index (κ2) is 7.63. The predicted octanol–water partition coefficient (Wildman–Crippen LogP) is 2.19. The first-order valence-corrected chi connectivity index (χ1v) is 11.1. The van der Waals surface area contributed by atoms with Crippen LogP contribution in [0.15, 0.2) is 28.8 Å². The summed E-state index contributed by atoms with van der Waals surface area (Å²) in [5.74, 6) is 0.781. The number of carbonyl (C=O) groups excluding carboxylic acids is 1. The molecule has 3 rings (SSSR count). The average Bonchev–Trinajstić information content (AvgIpc) is 3.11. The van der Waals surface area contributed by atoms with E-state index >= 15 is 0 Å². The van der Waals surface area contributed by atoms with E-state index in [1.807, 2.05) is 26.8 Å². The molecule has 1 aromatic carbocycles. The fourth-order valence-corrected chi connectivity index (χ4v) is 4.01. The zero-order chi connectivity index (χ0) is 20.5. The maximum atomic E-state index is 13.1. The highest BCUT2D eigenvalue weighted by Crippen LogP contribution is 2.27. The molecule has 0 atom stereocenters. The van der Waals surface area contributed by atoms with Gasteiger partial charge in [-0.15, -0.1) is 0 Å². The molecule has 0 spiro atoms. The molecule has 28 heavy (non-hydrogen) atoms. The van der Waals surface area contributed by atoms with Crippen molar-refractivity contribution in [1.29, 1.82) is 0 Å². The van der Waals surface area contributed by atoms with Gasteiger partial charge in [0.15, 0.2) is 5.82 Å². The summed E-state index contributed by atoms with van der Waals surface area (Å²) in [4.78, 5) is 19.3. The van der Waals surface area contributed by atoms with Crippen LogP contribution >= 0.6 is 0 Å². The third-order valence-corrected chi connectivity index (χ3v) is 5.41. The van der Waals surface area contributed by atoms with Gasteiger partial charge in [0.05, 0.1) is 17.4 Å². The van der Waals surface area contributed by atoms with Crippen LogP contribution < -0.4 is 4.72 Å². The Hall–Kier alpha value is -2.26. The number of benzene rings is 1. The topological polar surface area (TPSA) is 105 Å². The van der Waals surface area contributed by atoms with Gasteiger partial charge in [-0.3, -0.25) is 4.79 Å². The summed E-state index contributed by atoms with van der Waals surface area (Å²) >= 11 is 0. The van der Waals surface area contributed by atoms with E-state index in [4.69, 9.17) is 4.52 Å². The molecular formula is C19H26N4O4S. The molecule has 0 aliphatic carbocycles. The summed E-state index contributed by atoms with van der Waals surface area (Å²) in [6.45, 7) is 6.95. The van der Waals surface area contributed by atoms with E-state index in [1.165, 1.54) is 0 Å². The number of likely N-dealkylation sites (tertiary alicyclic amines) is 1. The zero-order valence-electron chi connectivity index (χ0n) is 16.6. The van der Waals surface area contributed by atoms with Gasteiger partial charge in [0, 0.05) is 24.5 Å². The van der Waals surface area contributed by atoms with Crippen LogP contribution in [0.4, 0.5) is 0 Å². The third-order valence-electron chi connectivity index (χ3n) is 4.65. The van der Waals surface area contributed by atoms with Crippen LogP contribution in [0, 0.1) is 0 Å². The van der Waals surface area contributed by atoms with Crippen LogP contribution in [-0.4, -0.2) is 54.8 Å². The van der Waals surface area contributed by atoms with Gasteiger partial charge in [-0.25, -0.2) is 13.1 Å². The van der Waals surface area contributed by atoms with Gasteiger partial charge in [0.25, 0.3) is 11.8 Å². The van der Waals surface area contributed by atoms with E-state index in [1.54, 1.807) is 23.1 Å². The lowest BCUT2D eigenvalue weighted by atomic mass is 9.96. The van der Waals surface area contributed by atoms with Crippen LogP contribution in [-0.2, 0) is 15.4 Å². The van der Waals surface area contributed by atoms with Crippen molar-refractivity contribution < 1.29 is 17.7 Å². The van der Waals surface area contributed by atoms with Crippen molar-refractivity contribution >= 4 is 15.9 Å². The van der Waals surface area contributed by atoms with Gasteiger partial charge in [0.2, 0.25) is 10.0 Å². The lowest BCUT2D eigenvalue weighted by Gasteiger charge is -2.32.